The third kappa shape index (κ3) is 2.07. The molecule has 0 atom stereocenters. The molecule has 0 aliphatic rings. The third-order valence-electron chi connectivity index (χ3n) is 1.98. The summed E-state index contributed by atoms with van der Waals surface area (Å²) in [5.74, 6) is 0.129. The first-order valence-corrected chi connectivity index (χ1v) is 5.42. The van der Waals surface area contributed by atoms with E-state index in [-0.39, 0.29) is 24.5 Å². The van der Waals surface area contributed by atoms with Crippen LogP contribution in [0.5, 0.6) is 5.75 Å². The van der Waals surface area contributed by atoms with Crippen LogP contribution in [-0.4, -0.2) is 27.7 Å². The molecule has 2 heterocycles. The van der Waals surface area contributed by atoms with Crippen molar-refractivity contribution in [1.82, 2.24) is 9.38 Å². The predicted octanol–water partition coefficient (Wildman–Crippen LogP) is 0.828. The summed E-state index contributed by atoms with van der Waals surface area (Å²) in [6, 6.07) is 3.53. The van der Waals surface area contributed by atoms with Crippen LogP contribution in [-0.2, 0) is 0 Å². The predicted molar refractivity (Wildman–Crippen MR) is 61.7 cm³/mol. The van der Waals surface area contributed by atoms with Crippen LogP contribution in [0.1, 0.15) is 0 Å². The maximum Gasteiger partial charge on any atom is 0.300 e. The van der Waals surface area contributed by atoms with Gasteiger partial charge < -0.3 is 9.84 Å². The minimum Gasteiger partial charge on any atom is -0.484 e. The molecule has 0 spiro atoms. The Kier molecular flexibility index (Phi) is 3.21. The Hall–Kier alpha value is -1.40. The average Bonchev–Trinajstić information content (AvgIpc) is 2.29. The van der Waals surface area contributed by atoms with Gasteiger partial charge in [0.1, 0.15) is 12.3 Å². The van der Waals surface area contributed by atoms with E-state index in [0.29, 0.717) is 5.65 Å². The Labute approximate surface area is 99.4 Å². The second kappa shape index (κ2) is 4.63. The van der Waals surface area contributed by atoms with Gasteiger partial charge >= 0.3 is 0 Å². The van der Waals surface area contributed by atoms with Crippen LogP contribution in [0.4, 0.5) is 0 Å². The highest BCUT2D eigenvalue weighted by atomic mass is 79.9. The average molecular weight is 285 g/mol. The molecule has 16 heavy (non-hydrogen) atoms. The van der Waals surface area contributed by atoms with Crippen molar-refractivity contribution in [3.05, 3.63) is 39.4 Å². The topological polar surface area (TPSA) is 63.8 Å². The minimum absolute atomic E-state index is 0.0803. The molecule has 0 aliphatic carbocycles. The lowest BCUT2D eigenvalue weighted by Crippen LogP contribution is -2.18. The first-order chi connectivity index (χ1) is 7.72. The third-order valence-corrected chi connectivity index (χ3v) is 2.45. The molecule has 6 heteroatoms. The van der Waals surface area contributed by atoms with E-state index in [4.69, 9.17) is 9.84 Å². The summed E-state index contributed by atoms with van der Waals surface area (Å²) in [6.07, 6.45) is 2.98. The number of fused-ring (bicyclic) bond motifs is 1. The Morgan fingerprint density at radius 2 is 2.31 bits per heavy atom. The normalized spacial score (nSPS) is 10.6. The van der Waals surface area contributed by atoms with E-state index >= 15 is 0 Å². The van der Waals surface area contributed by atoms with Crippen molar-refractivity contribution in [2.24, 2.45) is 0 Å². The fourth-order valence-electron chi connectivity index (χ4n) is 1.29. The van der Waals surface area contributed by atoms with Crippen molar-refractivity contribution in [2.45, 2.75) is 0 Å². The SMILES string of the molecule is O=c1c(OCCO)cnc2ccc(Br)cn12. The molecule has 84 valence electrons. The highest BCUT2D eigenvalue weighted by molar-refractivity contribution is 9.10. The maximum atomic E-state index is 11.9. The molecule has 2 rings (SSSR count). The van der Waals surface area contributed by atoms with E-state index in [1.54, 1.807) is 18.3 Å². The van der Waals surface area contributed by atoms with Crippen LogP contribution in [0, 0.1) is 0 Å². The minimum atomic E-state index is -0.292. The zero-order valence-electron chi connectivity index (χ0n) is 8.26. The summed E-state index contributed by atoms with van der Waals surface area (Å²) >= 11 is 3.28. The summed E-state index contributed by atoms with van der Waals surface area (Å²) in [5.41, 5.74) is 0.254. The molecule has 0 fully saturated rings. The molecule has 0 aliphatic heterocycles. The van der Waals surface area contributed by atoms with E-state index in [2.05, 4.69) is 20.9 Å². The Bertz CT molecular complexity index is 567. The number of aliphatic hydroxyl groups is 1. The number of nitrogens with zero attached hydrogens (tertiary/aromatic N) is 2. The lowest BCUT2D eigenvalue weighted by Gasteiger charge is -2.05. The largest absolute Gasteiger partial charge is 0.484 e. The van der Waals surface area contributed by atoms with Crippen molar-refractivity contribution < 1.29 is 9.84 Å². The van der Waals surface area contributed by atoms with Crippen molar-refractivity contribution in [1.29, 1.82) is 0 Å². The maximum absolute atomic E-state index is 11.9. The van der Waals surface area contributed by atoms with E-state index in [9.17, 15) is 4.79 Å². The first kappa shape index (κ1) is 11.1. The summed E-state index contributed by atoms with van der Waals surface area (Å²) in [7, 11) is 0. The number of hydrogen-bond acceptors (Lipinski definition) is 4. The van der Waals surface area contributed by atoms with Gasteiger partial charge in [-0.05, 0) is 28.1 Å². The lowest BCUT2D eigenvalue weighted by atomic mass is 10.4. The molecule has 0 saturated heterocycles. The molecule has 5 nitrogen and oxygen atoms in total. The fraction of sp³-hybridized carbons (Fsp3) is 0.200. The second-order valence-electron chi connectivity index (χ2n) is 3.08. The molecular weight excluding hydrogens is 276 g/mol. The fourth-order valence-corrected chi connectivity index (χ4v) is 1.63. The molecule has 0 bridgehead atoms. The summed E-state index contributed by atoms with van der Waals surface area (Å²) < 4.78 is 7.24. The molecular formula is C10H9BrN2O3. The molecule has 0 amide bonds. The van der Waals surface area contributed by atoms with Gasteiger partial charge in [-0.3, -0.25) is 9.20 Å². The Balaban J connectivity index is 2.55. The number of ether oxygens (including phenoxy) is 1. The van der Waals surface area contributed by atoms with Crippen molar-refractivity contribution in [2.75, 3.05) is 13.2 Å². The van der Waals surface area contributed by atoms with Crippen molar-refractivity contribution in [3.63, 3.8) is 0 Å². The van der Waals surface area contributed by atoms with Crippen LogP contribution in [0.25, 0.3) is 5.65 Å². The molecule has 0 saturated carbocycles. The molecule has 2 aromatic heterocycles. The van der Waals surface area contributed by atoms with Gasteiger partial charge in [0.15, 0.2) is 0 Å². The lowest BCUT2D eigenvalue weighted by molar-refractivity contribution is 0.199. The Morgan fingerprint density at radius 1 is 1.50 bits per heavy atom. The molecule has 0 unspecified atom stereocenters. The quantitative estimate of drug-likeness (QED) is 0.907. The number of halogens is 1. The highest BCUT2D eigenvalue weighted by Gasteiger charge is 2.05. The molecule has 0 radical (unpaired) electrons. The van der Waals surface area contributed by atoms with E-state index in [1.165, 1.54) is 10.6 Å². The van der Waals surface area contributed by atoms with Gasteiger partial charge in [0.05, 0.1) is 12.8 Å². The van der Waals surface area contributed by atoms with Gasteiger partial charge in [-0.2, -0.15) is 0 Å². The number of rotatable bonds is 3. The molecule has 2 aromatic rings. The molecule has 1 N–H and O–H groups in total. The van der Waals surface area contributed by atoms with Gasteiger partial charge in [0.2, 0.25) is 5.75 Å². The van der Waals surface area contributed by atoms with Crippen LogP contribution in [0.3, 0.4) is 0 Å². The van der Waals surface area contributed by atoms with Crippen LogP contribution in [0.2, 0.25) is 0 Å². The van der Waals surface area contributed by atoms with Crippen molar-refractivity contribution >= 4 is 21.6 Å². The van der Waals surface area contributed by atoms with Crippen LogP contribution < -0.4 is 10.3 Å². The van der Waals surface area contributed by atoms with Gasteiger partial charge in [0.25, 0.3) is 5.56 Å². The number of hydrogen-bond donors (Lipinski definition) is 1. The zero-order valence-corrected chi connectivity index (χ0v) is 9.85. The van der Waals surface area contributed by atoms with Gasteiger partial charge in [-0.25, -0.2) is 4.98 Å². The number of aliphatic hydroxyl groups excluding tert-OH is 1. The smallest absolute Gasteiger partial charge is 0.300 e. The van der Waals surface area contributed by atoms with Gasteiger partial charge in [-0.15, -0.1) is 0 Å². The molecule has 0 aromatic carbocycles. The number of aromatic nitrogens is 2. The summed E-state index contributed by atoms with van der Waals surface area (Å²) in [5, 5.41) is 8.61. The highest BCUT2D eigenvalue weighted by Crippen LogP contribution is 2.10. The van der Waals surface area contributed by atoms with Crippen LogP contribution >= 0.6 is 15.9 Å². The van der Waals surface area contributed by atoms with Gasteiger partial charge in [-0.1, -0.05) is 0 Å². The Morgan fingerprint density at radius 3 is 3.06 bits per heavy atom. The number of pyridine rings is 1. The summed E-state index contributed by atoms with van der Waals surface area (Å²) in [4.78, 5) is 16.0. The standard InChI is InChI=1S/C10H9BrN2O3/c11-7-1-2-9-12-5-8(16-4-3-14)10(15)13(9)6-7/h1-2,5-6,14H,3-4H2. The zero-order chi connectivity index (χ0) is 11.5. The van der Waals surface area contributed by atoms with E-state index in [0.717, 1.165) is 4.47 Å². The van der Waals surface area contributed by atoms with Crippen LogP contribution in [0.15, 0.2) is 33.8 Å². The second-order valence-corrected chi connectivity index (χ2v) is 3.99. The first-order valence-electron chi connectivity index (χ1n) is 4.63. The van der Waals surface area contributed by atoms with Gasteiger partial charge in [0, 0.05) is 10.7 Å². The monoisotopic (exact) mass is 284 g/mol. The van der Waals surface area contributed by atoms with E-state index < -0.39 is 0 Å². The van der Waals surface area contributed by atoms with Crippen molar-refractivity contribution in [3.8, 4) is 5.75 Å². The van der Waals surface area contributed by atoms with E-state index in [1.807, 2.05) is 0 Å². The summed E-state index contributed by atoms with van der Waals surface area (Å²) in [6.45, 7) is -0.0579.